The molecule has 3 amide bonds. The van der Waals surface area contributed by atoms with Crippen LogP contribution in [0.4, 0.5) is 11.4 Å². The molecule has 2 aliphatic rings. The molecule has 0 aromatic heterocycles. The van der Waals surface area contributed by atoms with E-state index in [1.54, 1.807) is 24.3 Å². The van der Waals surface area contributed by atoms with Crippen LogP contribution in [0, 0.1) is 24.7 Å². The molecule has 1 N–H and O–H groups in total. The van der Waals surface area contributed by atoms with Gasteiger partial charge in [0.1, 0.15) is 0 Å². The van der Waals surface area contributed by atoms with Crippen LogP contribution in [-0.2, 0) is 9.59 Å². The first-order chi connectivity index (χ1) is 13.5. The molecule has 2 aromatic carbocycles. The van der Waals surface area contributed by atoms with Crippen LogP contribution in [0.25, 0.3) is 0 Å². The van der Waals surface area contributed by atoms with Gasteiger partial charge in [0.15, 0.2) is 0 Å². The maximum absolute atomic E-state index is 12.8. The Bertz CT molecular complexity index is 935. The van der Waals surface area contributed by atoms with Crippen LogP contribution < -0.4 is 10.2 Å². The molecule has 5 heteroatoms. The molecule has 0 spiro atoms. The standard InChI is InChI=1S/C23H24N2O3/c1-14-7-12-18-19(13-14)23(28)25(22(18)27)17-10-8-16(9-11-17)21(26)24-20-6-4-3-5-15(20)2/h3-6,8-11,14,18-19H,7,12-13H2,1-2H3,(H,24,26)/t14-,18+,19-/m0/s1. The molecule has 3 atom stereocenters. The second kappa shape index (κ2) is 7.23. The molecule has 0 unspecified atom stereocenters. The Morgan fingerprint density at radius 1 is 0.964 bits per heavy atom. The summed E-state index contributed by atoms with van der Waals surface area (Å²) >= 11 is 0. The van der Waals surface area contributed by atoms with E-state index in [2.05, 4.69) is 12.2 Å². The predicted molar refractivity (Wildman–Crippen MR) is 108 cm³/mol. The lowest BCUT2D eigenvalue weighted by molar-refractivity contribution is -0.122. The lowest BCUT2D eigenvalue weighted by Crippen LogP contribution is -2.30. The molecule has 0 bridgehead atoms. The number of rotatable bonds is 3. The van der Waals surface area contributed by atoms with Crippen molar-refractivity contribution in [3.63, 3.8) is 0 Å². The Morgan fingerprint density at radius 3 is 2.36 bits per heavy atom. The average molecular weight is 376 g/mol. The number of hydrogen-bond donors (Lipinski definition) is 1. The molecular weight excluding hydrogens is 352 g/mol. The van der Waals surface area contributed by atoms with Gasteiger partial charge in [-0.2, -0.15) is 0 Å². The van der Waals surface area contributed by atoms with Gasteiger partial charge in [-0.1, -0.05) is 25.1 Å². The summed E-state index contributed by atoms with van der Waals surface area (Å²) in [6, 6.07) is 14.3. The van der Waals surface area contributed by atoms with E-state index >= 15 is 0 Å². The van der Waals surface area contributed by atoms with Crippen molar-refractivity contribution < 1.29 is 14.4 Å². The van der Waals surface area contributed by atoms with E-state index in [1.807, 2.05) is 31.2 Å². The zero-order chi connectivity index (χ0) is 19.8. The number of carbonyl (C=O) groups is 3. The van der Waals surface area contributed by atoms with Gasteiger partial charge in [-0.05, 0) is 68.0 Å². The van der Waals surface area contributed by atoms with Crippen molar-refractivity contribution in [2.75, 3.05) is 10.2 Å². The summed E-state index contributed by atoms with van der Waals surface area (Å²) < 4.78 is 0. The fraction of sp³-hybridized carbons (Fsp3) is 0.348. The fourth-order valence-corrected chi connectivity index (χ4v) is 4.31. The Morgan fingerprint density at radius 2 is 1.64 bits per heavy atom. The highest BCUT2D eigenvalue weighted by Crippen LogP contribution is 2.42. The topological polar surface area (TPSA) is 66.5 Å². The highest BCUT2D eigenvalue weighted by Gasteiger charge is 2.49. The van der Waals surface area contributed by atoms with Gasteiger partial charge in [-0.3, -0.25) is 19.3 Å². The highest BCUT2D eigenvalue weighted by atomic mass is 16.2. The number of carbonyl (C=O) groups excluding carboxylic acids is 3. The van der Waals surface area contributed by atoms with E-state index in [4.69, 9.17) is 0 Å². The smallest absolute Gasteiger partial charge is 0.255 e. The van der Waals surface area contributed by atoms with Crippen molar-refractivity contribution in [3.05, 3.63) is 59.7 Å². The van der Waals surface area contributed by atoms with E-state index in [1.165, 1.54) is 4.90 Å². The Hall–Kier alpha value is -2.95. The van der Waals surface area contributed by atoms with Crippen molar-refractivity contribution in [2.24, 2.45) is 17.8 Å². The van der Waals surface area contributed by atoms with Crippen LogP contribution in [-0.4, -0.2) is 17.7 Å². The number of nitrogens with zero attached hydrogens (tertiary/aromatic N) is 1. The first-order valence-electron chi connectivity index (χ1n) is 9.80. The number of anilines is 2. The molecule has 1 heterocycles. The van der Waals surface area contributed by atoms with Gasteiger partial charge >= 0.3 is 0 Å². The third kappa shape index (κ3) is 3.21. The first-order valence-corrected chi connectivity index (χ1v) is 9.80. The van der Waals surface area contributed by atoms with Crippen LogP contribution in [0.5, 0.6) is 0 Å². The van der Waals surface area contributed by atoms with E-state index < -0.39 is 0 Å². The first kappa shape index (κ1) is 18.4. The number of benzene rings is 2. The molecule has 4 rings (SSSR count). The van der Waals surface area contributed by atoms with E-state index in [9.17, 15) is 14.4 Å². The zero-order valence-electron chi connectivity index (χ0n) is 16.1. The largest absolute Gasteiger partial charge is 0.322 e. The third-order valence-corrected chi connectivity index (χ3v) is 5.97. The van der Waals surface area contributed by atoms with Gasteiger partial charge in [0, 0.05) is 11.3 Å². The summed E-state index contributed by atoms with van der Waals surface area (Å²) in [5.41, 5.74) is 2.78. The molecule has 1 aliphatic heterocycles. The minimum absolute atomic E-state index is 0.0981. The SMILES string of the molecule is Cc1ccccc1NC(=O)c1ccc(N2C(=O)[C@H]3C[C@@H](C)CC[C@H]3C2=O)cc1. The van der Waals surface area contributed by atoms with Crippen LogP contribution in [0.2, 0.25) is 0 Å². The van der Waals surface area contributed by atoms with Crippen molar-refractivity contribution in [2.45, 2.75) is 33.1 Å². The lowest BCUT2D eigenvalue weighted by atomic mass is 9.76. The monoisotopic (exact) mass is 376 g/mol. The molecule has 28 heavy (non-hydrogen) atoms. The minimum atomic E-state index is -0.220. The van der Waals surface area contributed by atoms with Crippen molar-refractivity contribution >= 4 is 29.1 Å². The number of para-hydroxylation sites is 1. The predicted octanol–water partition coefficient (Wildman–Crippen LogP) is 4.17. The van der Waals surface area contributed by atoms with Gasteiger partial charge in [-0.25, -0.2) is 0 Å². The molecule has 1 aliphatic carbocycles. The summed E-state index contributed by atoms with van der Waals surface area (Å²) in [5.74, 6) is -0.321. The zero-order valence-corrected chi connectivity index (χ0v) is 16.1. The molecule has 1 saturated carbocycles. The van der Waals surface area contributed by atoms with E-state index in [0.717, 1.165) is 30.5 Å². The second-order valence-corrected chi connectivity index (χ2v) is 7.96. The molecule has 5 nitrogen and oxygen atoms in total. The van der Waals surface area contributed by atoms with Crippen molar-refractivity contribution in [3.8, 4) is 0 Å². The molecular formula is C23H24N2O3. The molecule has 1 saturated heterocycles. The number of nitrogens with one attached hydrogen (secondary N) is 1. The average Bonchev–Trinajstić information content (AvgIpc) is 2.93. The summed E-state index contributed by atoms with van der Waals surface area (Å²) in [6.07, 6.45) is 2.55. The summed E-state index contributed by atoms with van der Waals surface area (Å²) in [6.45, 7) is 4.07. The maximum Gasteiger partial charge on any atom is 0.255 e. The van der Waals surface area contributed by atoms with Crippen LogP contribution in [0.1, 0.15) is 42.1 Å². The van der Waals surface area contributed by atoms with Gasteiger partial charge in [-0.15, -0.1) is 0 Å². The second-order valence-electron chi connectivity index (χ2n) is 7.96. The Labute approximate surface area is 164 Å². The number of imide groups is 1. The summed E-state index contributed by atoms with van der Waals surface area (Å²) in [5, 5.41) is 2.89. The molecule has 0 radical (unpaired) electrons. The number of aryl methyl sites for hydroxylation is 1. The van der Waals surface area contributed by atoms with Crippen LogP contribution >= 0.6 is 0 Å². The molecule has 2 aromatic rings. The van der Waals surface area contributed by atoms with E-state index in [0.29, 0.717) is 17.2 Å². The highest BCUT2D eigenvalue weighted by molar-refractivity contribution is 6.22. The number of amides is 3. The fourth-order valence-electron chi connectivity index (χ4n) is 4.31. The number of hydrogen-bond acceptors (Lipinski definition) is 3. The Balaban J connectivity index is 1.52. The summed E-state index contributed by atoms with van der Waals surface area (Å²) in [7, 11) is 0. The van der Waals surface area contributed by atoms with Crippen molar-refractivity contribution in [1.82, 2.24) is 0 Å². The van der Waals surface area contributed by atoms with Crippen molar-refractivity contribution in [1.29, 1.82) is 0 Å². The van der Waals surface area contributed by atoms with Gasteiger partial charge in [0.25, 0.3) is 5.91 Å². The Kier molecular flexibility index (Phi) is 4.75. The lowest BCUT2D eigenvalue weighted by Gasteiger charge is -2.25. The van der Waals surface area contributed by atoms with E-state index in [-0.39, 0.29) is 29.6 Å². The van der Waals surface area contributed by atoms with Gasteiger partial charge in [0.2, 0.25) is 11.8 Å². The maximum atomic E-state index is 12.8. The quantitative estimate of drug-likeness (QED) is 0.818. The van der Waals surface area contributed by atoms with Crippen LogP contribution in [0.15, 0.2) is 48.5 Å². The van der Waals surface area contributed by atoms with Crippen LogP contribution in [0.3, 0.4) is 0 Å². The van der Waals surface area contributed by atoms with Gasteiger partial charge < -0.3 is 5.32 Å². The molecule has 2 fully saturated rings. The van der Waals surface area contributed by atoms with Gasteiger partial charge in [0.05, 0.1) is 17.5 Å². The minimum Gasteiger partial charge on any atom is -0.322 e. The number of fused-ring (bicyclic) bond motifs is 1. The molecule has 144 valence electrons. The summed E-state index contributed by atoms with van der Waals surface area (Å²) in [4.78, 5) is 39.4. The normalized spacial score (nSPS) is 24.2. The third-order valence-electron chi connectivity index (χ3n) is 5.97.